The third-order valence-electron chi connectivity index (χ3n) is 5.60. The van der Waals surface area contributed by atoms with E-state index in [9.17, 15) is 21.8 Å². The zero-order valence-electron chi connectivity index (χ0n) is 20.1. The smallest absolute Gasteiger partial charge is 0.401 e. The molecule has 1 N–H and O–H groups in total. The predicted molar refractivity (Wildman–Crippen MR) is 132 cm³/mol. The van der Waals surface area contributed by atoms with Crippen molar-refractivity contribution in [2.45, 2.75) is 32.0 Å². The van der Waals surface area contributed by atoms with E-state index in [1.807, 2.05) is 6.92 Å². The molecule has 0 spiro atoms. The van der Waals surface area contributed by atoms with Crippen LogP contribution in [0.25, 0.3) is 10.9 Å². The first kappa shape index (κ1) is 26.1. The molecule has 0 unspecified atom stereocenters. The number of likely N-dealkylation sites (tertiary alicyclic amines) is 1. The maximum absolute atomic E-state index is 14.1. The Morgan fingerprint density at radius 1 is 1.22 bits per heavy atom. The highest BCUT2D eigenvalue weighted by Crippen LogP contribution is 2.35. The molecule has 1 atom stereocenters. The molecule has 12 heteroatoms. The van der Waals surface area contributed by atoms with Gasteiger partial charge in [-0.25, -0.2) is 18.6 Å². The van der Waals surface area contributed by atoms with Crippen LogP contribution < -0.4 is 10.1 Å². The molecule has 4 rings (SSSR count). The van der Waals surface area contributed by atoms with Gasteiger partial charge in [-0.2, -0.15) is 17.5 Å². The van der Waals surface area contributed by atoms with Crippen LogP contribution in [0.5, 0.6) is 5.75 Å². The van der Waals surface area contributed by atoms with E-state index in [1.54, 1.807) is 24.6 Å². The number of hydrogen-bond acceptors (Lipinski definition) is 7. The standard InChI is InChI=1S/C24H27F4N5O2S/c1-15-9-17(32-36(2,3)34)11-20-22(15)23(30-14-29-20)31-19-7-6-16(25)10-21(19)35-18-5-4-8-33(12-18)13-24(26,27)28/h6-7,9-11,14,18H,4-5,8,12-13H2,1-3H3,(H,29,30,31)/t18-/m1/s1. The lowest BCUT2D eigenvalue weighted by Crippen LogP contribution is -2.45. The minimum absolute atomic E-state index is 0.0926. The summed E-state index contributed by atoms with van der Waals surface area (Å²) in [7, 11) is -2.36. The van der Waals surface area contributed by atoms with E-state index >= 15 is 0 Å². The maximum Gasteiger partial charge on any atom is 0.401 e. The third-order valence-corrected chi connectivity index (χ3v) is 6.25. The number of aryl methyl sites for hydroxylation is 1. The quantitative estimate of drug-likeness (QED) is 0.423. The lowest BCUT2D eigenvalue weighted by atomic mass is 10.1. The zero-order chi connectivity index (χ0) is 26.1. The Morgan fingerprint density at radius 2 is 2.00 bits per heavy atom. The number of nitrogens with one attached hydrogen (secondary N) is 1. The monoisotopic (exact) mass is 525 g/mol. The molecule has 1 aromatic heterocycles. The second-order valence-electron chi connectivity index (χ2n) is 9.15. The Labute approximate surface area is 207 Å². The molecule has 0 aliphatic carbocycles. The highest BCUT2D eigenvalue weighted by molar-refractivity contribution is 7.92. The number of rotatable bonds is 6. The van der Waals surface area contributed by atoms with E-state index in [1.165, 1.54) is 29.4 Å². The predicted octanol–water partition coefficient (Wildman–Crippen LogP) is 5.59. The summed E-state index contributed by atoms with van der Waals surface area (Å²) < 4.78 is 75.0. The van der Waals surface area contributed by atoms with E-state index in [0.717, 1.165) is 5.56 Å². The zero-order valence-corrected chi connectivity index (χ0v) is 20.9. The van der Waals surface area contributed by atoms with Crippen molar-refractivity contribution in [3.8, 4) is 5.75 Å². The van der Waals surface area contributed by atoms with Gasteiger partial charge in [0.2, 0.25) is 0 Å². The molecule has 3 aromatic rings. The van der Waals surface area contributed by atoms with Crippen molar-refractivity contribution < 1.29 is 26.5 Å². The van der Waals surface area contributed by atoms with Crippen molar-refractivity contribution in [2.75, 3.05) is 37.5 Å². The first-order valence-corrected chi connectivity index (χ1v) is 13.6. The van der Waals surface area contributed by atoms with Gasteiger partial charge in [-0.3, -0.25) is 4.90 Å². The van der Waals surface area contributed by atoms with Gasteiger partial charge in [0.15, 0.2) is 0 Å². The van der Waals surface area contributed by atoms with Crippen LogP contribution in [0.15, 0.2) is 41.0 Å². The van der Waals surface area contributed by atoms with Crippen molar-refractivity contribution >= 4 is 37.8 Å². The van der Waals surface area contributed by atoms with Gasteiger partial charge in [-0.05, 0) is 56.1 Å². The highest BCUT2D eigenvalue weighted by atomic mass is 32.2. The summed E-state index contributed by atoms with van der Waals surface area (Å²) in [6.45, 7) is 1.27. The number of benzene rings is 2. The van der Waals surface area contributed by atoms with Crippen LogP contribution in [0.3, 0.4) is 0 Å². The fourth-order valence-corrected chi connectivity index (χ4v) is 4.90. The summed E-state index contributed by atoms with van der Waals surface area (Å²) in [4.78, 5) is 9.95. The maximum atomic E-state index is 14.1. The highest BCUT2D eigenvalue weighted by Gasteiger charge is 2.33. The summed E-state index contributed by atoms with van der Waals surface area (Å²) in [5.74, 6) is 0.0920. The van der Waals surface area contributed by atoms with Gasteiger partial charge < -0.3 is 10.1 Å². The molecular weight excluding hydrogens is 498 g/mol. The largest absolute Gasteiger partial charge is 0.487 e. The molecule has 2 aromatic carbocycles. The first-order chi connectivity index (χ1) is 16.9. The molecular formula is C24H27F4N5O2S. The van der Waals surface area contributed by atoms with Crippen LogP contribution in [0, 0.1) is 12.7 Å². The van der Waals surface area contributed by atoms with Crippen molar-refractivity contribution in [3.63, 3.8) is 0 Å². The van der Waals surface area contributed by atoms with E-state index in [2.05, 4.69) is 19.6 Å². The van der Waals surface area contributed by atoms with Gasteiger partial charge >= 0.3 is 6.18 Å². The second kappa shape index (κ2) is 10.2. The summed E-state index contributed by atoms with van der Waals surface area (Å²) in [5.41, 5.74) is 2.32. The molecule has 0 bridgehead atoms. The van der Waals surface area contributed by atoms with Crippen molar-refractivity contribution in [2.24, 2.45) is 4.36 Å². The number of aromatic nitrogens is 2. The summed E-state index contributed by atoms with van der Waals surface area (Å²) in [5, 5.41) is 3.86. The Balaban J connectivity index is 1.62. The van der Waals surface area contributed by atoms with Crippen molar-refractivity contribution in [1.82, 2.24) is 14.9 Å². The molecule has 1 aliphatic rings. The van der Waals surface area contributed by atoms with Gasteiger partial charge in [0.05, 0.1) is 23.4 Å². The number of anilines is 2. The summed E-state index contributed by atoms with van der Waals surface area (Å²) in [6.07, 6.45) is 0.748. The SMILES string of the molecule is Cc1cc(N=S(C)(C)=O)cc2ncnc(Nc3ccc(F)cc3O[C@@H]3CCCN(CC(F)(F)F)C3)c12. The van der Waals surface area contributed by atoms with Gasteiger partial charge in [0.1, 0.15) is 29.8 Å². The number of nitrogens with zero attached hydrogens (tertiary/aromatic N) is 4. The Bertz CT molecular complexity index is 1380. The van der Waals surface area contributed by atoms with Crippen LogP contribution >= 0.6 is 0 Å². The van der Waals surface area contributed by atoms with Gasteiger partial charge in [0.25, 0.3) is 0 Å². The number of alkyl halides is 3. The molecule has 36 heavy (non-hydrogen) atoms. The molecule has 2 heterocycles. The van der Waals surface area contributed by atoms with Crippen molar-refractivity contribution in [1.29, 1.82) is 0 Å². The second-order valence-corrected chi connectivity index (χ2v) is 11.7. The van der Waals surface area contributed by atoms with Gasteiger partial charge in [-0.15, -0.1) is 0 Å². The molecule has 1 saturated heterocycles. The average molecular weight is 526 g/mol. The first-order valence-electron chi connectivity index (χ1n) is 11.3. The Kier molecular flexibility index (Phi) is 7.37. The van der Waals surface area contributed by atoms with Crippen molar-refractivity contribution in [3.05, 3.63) is 48.0 Å². The molecule has 194 valence electrons. The van der Waals surface area contributed by atoms with E-state index < -0.39 is 34.4 Å². The summed E-state index contributed by atoms with van der Waals surface area (Å²) in [6, 6.07) is 7.46. The third kappa shape index (κ3) is 6.82. The molecule has 1 fully saturated rings. The minimum atomic E-state index is -4.29. The number of fused-ring (bicyclic) bond motifs is 1. The number of ether oxygens (including phenoxy) is 1. The van der Waals surface area contributed by atoms with Crippen LogP contribution in [0.1, 0.15) is 18.4 Å². The fraction of sp³-hybridized carbons (Fsp3) is 0.417. The minimum Gasteiger partial charge on any atom is -0.487 e. The van der Waals surface area contributed by atoms with Gasteiger partial charge in [-0.1, -0.05) is 0 Å². The average Bonchev–Trinajstić information content (AvgIpc) is 2.73. The molecule has 0 radical (unpaired) electrons. The number of piperidine rings is 1. The fourth-order valence-electron chi connectivity index (χ4n) is 4.29. The number of halogens is 4. The van der Waals surface area contributed by atoms with Crippen LogP contribution in [-0.4, -0.2) is 63.5 Å². The van der Waals surface area contributed by atoms with E-state index in [4.69, 9.17) is 4.74 Å². The topological polar surface area (TPSA) is 79.7 Å². The molecule has 0 amide bonds. The Hall–Kier alpha value is -2.99. The van der Waals surface area contributed by atoms with Crippen LogP contribution in [-0.2, 0) is 9.73 Å². The molecule has 1 aliphatic heterocycles. The Morgan fingerprint density at radius 3 is 2.72 bits per heavy atom. The van der Waals surface area contributed by atoms with Gasteiger partial charge in [0, 0.05) is 40.2 Å². The molecule has 0 saturated carbocycles. The van der Waals surface area contributed by atoms with E-state index in [0.29, 0.717) is 47.5 Å². The van der Waals surface area contributed by atoms with Crippen LogP contribution in [0.4, 0.5) is 34.8 Å². The molecule has 7 nitrogen and oxygen atoms in total. The lowest BCUT2D eigenvalue weighted by Gasteiger charge is -2.33. The normalized spacial score (nSPS) is 17.2. The van der Waals surface area contributed by atoms with E-state index in [-0.39, 0.29) is 12.3 Å². The lowest BCUT2D eigenvalue weighted by molar-refractivity contribution is -0.150. The summed E-state index contributed by atoms with van der Waals surface area (Å²) >= 11 is 0. The number of hydrogen-bond donors (Lipinski definition) is 1. The van der Waals surface area contributed by atoms with Crippen LogP contribution in [0.2, 0.25) is 0 Å².